The number of aryl methyl sites for hydroxylation is 1. The van der Waals surface area contributed by atoms with Gasteiger partial charge in [-0.2, -0.15) is 0 Å². The molecule has 0 atom stereocenters. The molecule has 0 saturated heterocycles. The minimum absolute atomic E-state index is 0.0213. The van der Waals surface area contributed by atoms with E-state index in [-0.39, 0.29) is 18.4 Å². The molecule has 1 N–H and O–H groups in total. The molecule has 7 nitrogen and oxygen atoms in total. The fourth-order valence-electron chi connectivity index (χ4n) is 2.77. The Labute approximate surface area is 151 Å². The summed E-state index contributed by atoms with van der Waals surface area (Å²) >= 11 is 0. The van der Waals surface area contributed by atoms with E-state index >= 15 is 0 Å². The van der Waals surface area contributed by atoms with Crippen LogP contribution in [0, 0.1) is 0 Å². The summed E-state index contributed by atoms with van der Waals surface area (Å²) in [6.45, 7) is 1.19. The molecule has 26 heavy (non-hydrogen) atoms. The number of nitrogens with one attached hydrogen (secondary N) is 1. The Hall–Kier alpha value is -2.80. The van der Waals surface area contributed by atoms with Gasteiger partial charge in [-0.3, -0.25) is 9.59 Å². The number of carbonyl (C=O) groups excluding carboxylic acids is 2. The summed E-state index contributed by atoms with van der Waals surface area (Å²) < 4.78 is 16.1. The van der Waals surface area contributed by atoms with E-state index in [2.05, 4.69) is 5.32 Å². The molecule has 1 aliphatic heterocycles. The van der Waals surface area contributed by atoms with Gasteiger partial charge < -0.3 is 24.1 Å². The van der Waals surface area contributed by atoms with E-state index in [0.29, 0.717) is 44.0 Å². The van der Waals surface area contributed by atoms with Crippen LogP contribution in [0.15, 0.2) is 41.0 Å². The van der Waals surface area contributed by atoms with Crippen molar-refractivity contribution in [2.24, 2.45) is 0 Å². The molecule has 1 aromatic heterocycles. The summed E-state index contributed by atoms with van der Waals surface area (Å²) in [5.74, 6) is 1.19. The van der Waals surface area contributed by atoms with Crippen molar-refractivity contribution in [3.8, 4) is 5.75 Å². The Kier molecular flexibility index (Phi) is 5.91. The highest BCUT2D eigenvalue weighted by atomic mass is 16.5. The number of anilines is 1. The molecule has 0 unspecified atom stereocenters. The predicted molar refractivity (Wildman–Crippen MR) is 94.9 cm³/mol. The molecule has 1 aromatic carbocycles. The molecule has 2 aromatic rings. The number of ether oxygens (including phenoxy) is 2. The average Bonchev–Trinajstić information content (AvgIpc) is 3.16. The average molecular weight is 358 g/mol. The van der Waals surface area contributed by atoms with Gasteiger partial charge in [-0.25, -0.2) is 0 Å². The minimum atomic E-state index is -0.149. The van der Waals surface area contributed by atoms with Crippen LogP contribution in [0.3, 0.4) is 0 Å². The number of hydrogen-bond acceptors (Lipinski definition) is 5. The number of amides is 2. The highest BCUT2D eigenvalue weighted by Gasteiger charge is 2.18. The summed E-state index contributed by atoms with van der Waals surface area (Å²) in [6, 6.07) is 9.04. The number of rotatable bonds is 8. The molecule has 0 fully saturated rings. The molecule has 1 aliphatic rings. The van der Waals surface area contributed by atoms with Crippen molar-refractivity contribution in [3.63, 3.8) is 0 Å². The highest BCUT2D eigenvalue weighted by molar-refractivity contribution is 5.94. The van der Waals surface area contributed by atoms with Gasteiger partial charge in [0.1, 0.15) is 11.5 Å². The Balaban J connectivity index is 1.59. The fourth-order valence-corrected chi connectivity index (χ4v) is 2.77. The van der Waals surface area contributed by atoms with E-state index in [4.69, 9.17) is 13.9 Å². The van der Waals surface area contributed by atoms with Crippen LogP contribution in [0.1, 0.15) is 17.7 Å². The number of benzene rings is 1. The van der Waals surface area contributed by atoms with Crippen molar-refractivity contribution in [3.05, 3.63) is 47.9 Å². The van der Waals surface area contributed by atoms with Crippen LogP contribution < -0.4 is 10.1 Å². The lowest BCUT2D eigenvalue weighted by Crippen LogP contribution is -2.36. The van der Waals surface area contributed by atoms with Crippen LogP contribution in [0.2, 0.25) is 0 Å². The zero-order valence-corrected chi connectivity index (χ0v) is 14.7. The zero-order valence-electron chi connectivity index (χ0n) is 14.7. The second-order valence-corrected chi connectivity index (χ2v) is 6.04. The summed E-state index contributed by atoms with van der Waals surface area (Å²) in [7, 11) is 1.60. The van der Waals surface area contributed by atoms with Crippen LogP contribution in [0.5, 0.6) is 5.75 Å². The molecular weight excluding hydrogens is 336 g/mol. The monoisotopic (exact) mass is 358 g/mol. The molecule has 0 radical (unpaired) electrons. The molecule has 7 heteroatoms. The van der Waals surface area contributed by atoms with Gasteiger partial charge >= 0.3 is 0 Å². The van der Waals surface area contributed by atoms with Gasteiger partial charge in [0.2, 0.25) is 5.91 Å². The quantitative estimate of drug-likeness (QED) is 0.783. The van der Waals surface area contributed by atoms with Crippen LogP contribution in [0.25, 0.3) is 0 Å². The molecule has 0 bridgehead atoms. The second kappa shape index (κ2) is 8.53. The van der Waals surface area contributed by atoms with Crippen LogP contribution >= 0.6 is 0 Å². The molecule has 2 heterocycles. The highest BCUT2D eigenvalue weighted by Crippen LogP contribution is 2.26. The van der Waals surface area contributed by atoms with Gasteiger partial charge in [0.25, 0.3) is 5.91 Å². The van der Waals surface area contributed by atoms with Crippen molar-refractivity contribution in [1.82, 2.24) is 4.90 Å². The molecule has 0 spiro atoms. The molecule has 2 amide bonds. The number of fused-ring (bicyclic) bond motifs is 1. The lowest BCUT2D eigenvalue weighted by atomic mass is 10.0. The number of furan rings is 1. The Morgan fingerprint density at radius 3 is 2.96 bits per heavy atom. The van der Waals surface area contributed by atoms with Crippen LogP contribution in [-0.4, -0.2) is 43.6 Å². The van der Waals surface area contributed by atoms with Crippen LogP contribution in [0.4, 0.5) is 5.69 Å². The third kappa shape index (κ3) is 4.64. The van der Waals surface area contributed by atoms with Crippen molar-refractivity contribution < 1.29 is 23.5 Å². The zero-order chi connectivity index (χ0) is 18.4. The number of nitrogens with zero attached hydrogens (tertiary/aromatic N) is 1. The van der Waals surface area contributed by atoms with Crippen molar-refractivity contribution in [1.29, 1.82) is 0 Å². The minimum Gasteiger partial charge on any atom is -0.484 e. The second-order valence-electron chi connectivity index (χ2n) is 6.04. The Morgan fingerprint density at radius 1 is 1.31 bits per heavy atom. The SMILES string of the molecule is COCCN(Cc1ccco1)C(=O)COc1ccc2c(c1)CCC(=O)N2. The molecule has 0 saturated carbocycles. The first-order valence-corrected chi connectivity index (χ1v) is 8.50. The normalized spacial score (nSPS) is 13.0. The maximum atomic E-state index is 12.5. The number of carbonyl (C=O) groups is 2. The van der Waals surface area contributed by atoms with E-state index in [1.807, 2.05) is 12.1 Å². The van der Waals surface area contributed by atoms with Gasteiger partial charge in [-0.15, -0.1) is 0 Å². The molecular formula is C19H22N2O5. The fraction of sp³-hybridized carbons (Fsp3) is 0.368. The maximum absolute atomic E-state index is 12.5. The van der Waals surface area contributed by atoms with Gasteiger partial charge in [-0.05, 0) is 42.3 Å². The third-order valence-electron chi connectivity index (χ3n) is 4.18. The number of hydrogen-bond donors (Lipinski definition) is 1. The van der Waals surface area contributed by atoms with E-state index in [1.54, 1.807) is 36.5 Å². The Morgan fingerprint density at radius 2 is 2.19 bits per heavy atom. The van der Waals surface area contributed by atoms with E-state index in [9.17, 15) is 9.59 Å². The first-order valence-electron chi connectivity index (χ1n) is 8.50. The topological polar surface area (TPSA) is 81.0 Å². The van der Waals surface area contributed by atoms with Crippen molar-refractivity contribution >= 4 is 17.5 Å². The maximum Gasteiger partial charge on any atom is 0.260 e. The first-order chi connectivity index (χ1) is 12.7. The summed E-state index contributed by atoms with van der Waals surface area (Å²) in [4.78, 5) is 25.6. The standard InChI is InChI=1S/C19H22N2O5/c1-24-10-8-21(12-16-3-2-9-25-16)19(23)13-26-15-5-6-17-14(11-15)4-7-18(22)20-17/h2-3,5-6,9,11H,4,7-8,10,12-13H2,1H3,(H,20,22). The first kappa shape index (κ1) is 18.0. The van der Waals surface area contributed by atoms with Gasteiger partial charge in [0.15, 0.2) is 6.61 Å². The lowest BCUT2D eigenvalue weighted by Gasteiger charge is -2.22. The molecule has 0 aliphatic carbocycles. The van der Waals surface area contributed by atoms with E-state index in [0.717, 1.165) is 11.3 Å². The lowest BCUT2D eigenvalue weighted by molar-refractivity contribution is -0.134. The van der Waals surface area contributed by atoms with Crippen LogP contribution in [-0.2, 0) is 27.3 Å². The van der Waals surface area contributed by atoms with Crippen molar-refractivity contribution in [2.75, 3.05) is 32.2 Å². The van der Waals surface area contributed by atoms with Gasteiger partial charge in [-0.1, -0.05) is 0 Å². The van der Waals surface area contributed by atoms with E-state index < -0.39 is 0 Å². The number of methoxy groups -OCH3 is 1. The van der Waals surface area contributed by atoms with Crippen molar-refractivity contribution in [2.45, 2.75) is 19.4 Å². The third-order valence-corrected chi connectivity index (χ3v) is 4.18. The summed E-state index contributed by atoms with van der Waals surface area (Å²) in [5.41, 5.74) is 1.82. The molecule has 3 rings (SSSR count). The Bertz CT molecular complexity index is 757. The van der Waals surface area contributed by atoms with E-state index in [1.165, 1.54) is 0 Å². The summed E-state index contributed by atoms with van der Waals surface area (Å²) in [5, 5.41) is 2.82. The van der Waals surface area contributed by atoms with Gasteiger partial charge in [0, 0.05) is 25.8 Å². The summed E-state index contributed by atoms with van der Waals surface area (Å²) in [6.07, 6.45) is 2.71. The largest absolute Gasteiger partial charge is 0.484 e. The predicted octanol–water partition coefficient (Wildman–Crippen LogP) is 2.22. The smallest absolute Gasteiger partial charge is 0.260 e. The van der Waals surface area contributed by atoms with Gasteiger partial charge in [0.05, 0.1) is 19.4 Å². The molecule has 138 valence electrons.